The van der Waals surface area contributed by atoms with E-state index in [1.165, 1.54) is 24.3 Å². The van der Waals surface area contributed by atoms with Crippen molar-refractivity contribution in [3.8, 4) is 0 Å². The van der Waals surface area contributed by atoms with Gasteiger partial charge in [-0.3, -0.25) is 0 Å². The van der Waals surface area contributed by atoms with Gasteiger partial charge in [0.15, 0.2) is 0 Å². The number of nitrogens with one attached hydrogen (secondary N) is 1. The van der Waals surface area contributed by atoms with E-state index in [4.69, 9.17) is 9.47 Å². The van der Waals surface area contributed by atoms with Crippen LogP contribution in [0.2, 0.25) is 0 Å². The molecule has 1 aliphatic rings. The van der Waals surface area contributed by atoms with Gasteiger partial charge in [-0.2, -0.15) is 11.8 Å². The van der Waals surface area contributed by atoms with Crippen molar-refractivity contribution in [3.05, 3.63) is 0 Å². The average molecular weight is 233 g/mol. The minimum Gasteiger partial charge on any atom is -0.385 e. The van der Waals surface area contributed by atoms with Gasteiger partial charge in [0.25, 0.3) is 0 Å². The topological polar surface area (TPSA) is 30.5 Å². The van der Waals surface area contributed by atoms with Crippen molar-refractivity contribution in [2.45, 2.75) is 25.4 Å². The first-order valence-electron chi connectivity index (χ1n) is 5.82. The molecule has 1 fully saturated rings. The summed E-state index contributed by atoms with van der Waals surface area (Å²) in [5, 5.41) is 3.40. The summed E-state index contributed by atoms with van der Waals surface area (Å²) in [5.74, 6) is 2.35. The first kappa shape index (κ1) is 13.3. The van der Waals surface area contributed by atoms with Crippen molar-refractivity contribution in [1.82, 2.24) is 5.32 Å². The molecule has 0 aromatic carbocycles. The highest BCUT2D eigenvalue weighted by atomic mass is 32.2. The standard InChI is InChI=1S/C11H23NO2S/c1-13-7-3-5-12-6-9-15-10-11-4-2-8-14-11/h11-12H,2-10H2,1H3. The molecule has 0 aromatic heterocycles. The molecule has 1 rings (SSSR count). The summed E-state index contributed by atoms with van der Waals surface area (Å²) in [4.78, 5) is 0. The van der Waals surface area contributed by atoms with Gasteiger partial charge < -0.3 is 14.8 Å². The molecule has 15 heavy (non-hydrogen) atoms. The molecular weight excluding hydrogens is 210 g/mol. The van der Waals surface area contributed by atoms with Crippen LogP contribution in [0, 0.1) is 0 Å². The van der Waals surface area contributed by atoms with Crippen molar-refractivity contribution >= 4 is 11.8 Å². The largest absolute Gasteiger partial charge is 0.385 e. The molecule has 1 aliphatic heterocycles. The van der Waals surface area contributed by atoms with Crippen LogP contribution >= 0.6 is 11.8 Å². The Morgan fingerprint density at radius 3 is 3.13 bits per heavy atom. The lowest BCUT2D eigenvalue weighted by Gasteiger charge is -2.08. The molecule has 0 spiro atoms. The molecule has 0 aromatic rings. The summed E-state index contributed by atoms with van der Waals surface area (Å²) in [6, 6.07) is 0. The van der Waals surface area contributed by atoms with E-state index in [-0.39, 0.29) is 0 Å². The summed E-state index contributed by atoms with van der Waals surface area (Å²) < 4.78 is 10.5. The molecule has 0 bridgehead atoms. The van der Waals surface area contributed by atoms with Gasteiger partial charge in [-0.15, -0.1) is 0 Å². The fourth-order valence-electron chi connectivity index (χ4n) is 1.60. The van der Waals surface area contributed by atoms with Crippen molar-refractivity contribution < 1.29 is 9.47 Å². The van der Waals surface area contributed by atoms with Gasteiger partial charge in [-0.05, 0) is 25.8 Å². The lowest BCUT2D eigenvalue weighted by molar-refractivity contribution is 0.129. The molecular formula is C11H23NO2S. The van der Waals surface area contributed by atoms with E-state index in [1.807, 2.05) is 11.8 Å². The van der Waals surface area contributed by atoms with Crippen molar-refractivity contribution in [1.29, 1.82) is 0 Å². The molecule has 90 valence electrons. The molecule has 1 unspecified atom stereocenters. The lowest BCUT2D eigenvalue weighted by Crippen LogP contribution is -2.20. The van der Waals surface area contributed by atoms with Gasteiger partial charge in [0.1, 0.15) is 0 Å². The minimum atomic E-state index is 0.531. The van der Waals surface area contributed by atoms with Crippen LogP contribution in [-0.4, -0.2) is 51.0 Å². The van der Waals surface area contributed by atoms with E-state index in [9.17, 15) is 0 Å². The third-order valence-corrected chi connectivity index (χ3v) is 3.55. The van der Waals surface area contributed by atoms with E-state index in [0.29, 0.717) is 6.10 Å². The molecule has 1 heterocycles. The van der Waals surface area contributed by atoms with Crippen LogP contribution in [0.3, 0.4) is 0 Å². The first-order chi connectivity index (χ1) is 7.43. The molecule has 3 nitrogen and oxygen atoms in total. The maximum absolute atomic E-state index is 5.55. The fraction of sp³-hybridized carbons (Fsp3) is 1.00. The molecule has 0 saturated carbocycles. The number of hydrogen-bond donors (Lipinski definition) is 1. The number of hydrogen-bond acceptors (Lipinski definition) is 4. The summed E-state index contributed by atoms with van der Waals surface area (Å²) >= 11 is 2.00. The first-order valence-corrected chi connectivity index (χ1v) is 6.98. The second kappa shape index (κ2) is 9.46. The SMILES string of the molecule is COCCCNCCSCC1CCCO1. The van der Waals surface area contributed by atoms with Crippen LogP contribution in [0.4, 0.5) is 0 Å². The highest BCUT2D eigenvalue weighted by molar-refractivity contribution is 7.99. The van der Waals surface area contributed by atoms with E-state index >= 15 is 0 Å². The Morgan fingerprint density at radius 1 is 1.47 bits per heavy atom. The average Bonchev–Trinajstić information content (AvgIpc) is 2.75. The zero-order valence-electron chi connectivity index (χ0n) is 9.67. The number of ether oxygens (including phenoxy) is 2. The van der Waals surface area contributed by atoms with E-state index in [0.717, 1.165) is 32.7 Å². The van der Waals surface area contributed by atoms with Crippen molar-refractivity contribution in [2.24, 2.45) is 0 Å². The van der Waals surface area contributed by atoms with Gasteiger partial charge in [-0.25, -0.2) is 0 Å². The molecule has 1 saturated heterocycles. The van der Waals surface area contributed by atoms with Crippen LogP contribution in [-0.2, 0) is 9.47 Å². The lowest BCUT2D eigenvalue weighted by atomic mass is 10.3. The van der Waals surface area contributed by atoms with Crippen molar-refractivity contribution in [2.75, 3.05) is 44.9 Å². The van der Waals surface area contributed by atoms with Gasteiger partial charge >= 0.3 is 0 Å². The predicted molar refractivity (Wildman–Crippen MR) is 65.7 cm³/mol. The van der Waals surface area contributed by atoms with Gasteiger partial charge in [0.05, 0.1) is 6.10 Å². The smallest absolute Gasteiger partial charge is 0.0666 e. The van der Waals surface area contributed by atoms with Crippen LogP contribution in [0.5, 0.6) is 0 Å². The zero-order valence-corrected chi connectivity index (χ0v) is 10.5. The molecule has 4 heteroatoms. The van der Waals surface area contributed by atoms with Crippen LogP contribution in [0.1, 0.15) is 19.3 Å². The Morgan fingerprint density at radius 2 is 2.40 bits per heavy atom. The molecule has 0 radical (unpaired) electrons. The monoisotopic (exact) mass is 233 g/mol. The van der Waals surface area contributed by atoms with E-state index in [2.05, 4.69) is 5.32 Å². The highest BCUT2D eigenvalue weighted by Crippen LogP contribution is 2.16. The number of rotatable bonds is 9. The molecule has 0 aliphatic carbocycles. The Hall–Kier alpha value is 0.230. The second-order valence-corrected chi connectivity index (χ2v) is 4.96. The van der Waals surface area contributed by atoms with E-state index in [1.54, 1.807) is 7.11 Å². The molecule has 0 amide bonds. The maximum Gasteiger partial charge on any atom is 0.0666 e. The molecule has 1 N–H and O–H groups in total. The van der Waals surface area contributed by atoms with Gasteiger partial charge in [0, 0.05) is 38.4 Å². The fourth-order valence-corrected chi connectivity index (χ4v) is 2.58. The zero-order chi connectivity index (χ0) is 10.8. The molecule has 1 atom stereocenters. The number of thioether (sulfide) groups is 1. The van der Waals surface area contributed by atoms with Crippen LogP contribution < -0.4 is 5.32 Å². The summed E-state index contributed by atoms with van der Waals surface area (Å²) in [6.45, 7) is 3.99. The maximum atomic E-state index is 5.55. The van der Waals surface area contributed by atoms with Gasteiger partial charge in [0.2, 0.25) is 0 Å². The Labute approximate surface area is 97.3 Å². The Balaban J connectivity index is 1.73. The summed E-state index contributed by atoms with van der Waals surface area (Å²) in [6.07, 6.45) is 4.14. The normalized spacial score (nSPS) is 21.0. The quantitative estimate of drug-likeness (QED) is 0.612. The Kier molecular flexibility index (Phi) is 8.38. The van der Waals surface area contributed by atoms with Crippen LogP contribution in [0.25, 0.3) is 0 Å². The van der Waals surface area contributed by atoms with Gasteiger partial charge in [-0.1, -0.05) is 0 Å². The summed E-state index contributed by atoms with van der Waals surface area (Å²) in [7, 11) is 1.75. The van der Waals surface area contributed by atoms with Crippen LogP contribution in [0.15, 0.2) is 0 Å². The predicted octanol–water partition coefficient (Wildman–Crippen LogP) is 1.52. The minimum absolute atomic E-state index is 0.531. The third kappa shape index (κ3) is 7.17. The Bertz CT molecular complexity index is 141. The number of methoxy groups -OCH3 is 1. The highest BCUT2D eigenvalue weighted by Gasteiger charge is 2.14. The third-order valence-electron chi connectivity index (χ3n) is 2.45. The summed E-state index contributed by atoms with van der Waals surface area (Å²) in [5.41, 5.74) is 0. The van der Waals surface area contributed by atoms with Crippen molar-refractivity contribution in [3.63, 3.8) is 0 Å². The van der Waals surface area contributed by atoms with E-state index < -0.39 is 0 Å². The second-order valence-electron chi connectivity index (χ2n) is 3.81.